The third-order valence-electron chi connectivity index (χ3n) is 2.10. The molecule has 1 fully saturated rings. The number of methoxy groups -OCH3 is 1. The zero-order chi connectivity index (χ0) is 9.84. The summed E-state index contributed by atoms with van der Waals surface area (Å²) in [5.74, 6) is -1.47. The quantitative estimate of drug-likeness (QED) is 0.420. The van der Waals surface area contributed by atoms with E-state index in [0.29, 0.717) is 0 Å². The van der Waals surface area contributed by atoms with E-state index in [1.54, 1.807) is 0 Å². The smallest absolute Gasteiger partial charge is 0.396 e. The van der Waals surface area contributed by atoms with Crippen LogP contribution in [0.3, 0.4) is 0 Å². The van der Waals surface area contributed by atoms with Crippen molar-refractivity contribution in [3.8, 4) is 0 Å². The third-order valence-corrected chi connectivity index (χ3v) is 2.10. The van der Waals surface area contributed by atoms with Crippen molar-refractivity contribution in [2.24, 2.45) is 0 Å². The van der Waals surface area contributed by atoms with Gasteiger partial charge in [0.05, 0.1) is 7.11 Å². The predicted octanol–water partition coefficient (Wildman–Crippen LogP) is -1.02. The predicted molar refractivity (Wildman–Crippen MR) is 46.1 cm³/mol. The van der Waals surface area contributed by atoms with Crippen molar-refractivity contribution in [1.82, 2.24) is 10.2 Å². The van der Waals surface area contributed by atoms with Gasteiger partial charge in [-0.25, -0.2) is 4.79 Å². The third kappa shape index (κ3) is 2.69. The van der Waals surface area contributed by atoms with Gasteiger partial charge in [0.25, 0.3) is 0 Å². The number of hydrogen-bond donors (Lipinski definition) is 1. The fraction of sp³-hybridized carbons (Fsp3) is 0.750. The first-order valence-corrected chi connectivity index (χ1v) is 4.21. The van der Waals surface area contributed by atoms with Crippen molar-refractivity contribution in [3.05, 3.63) is 0 Å². The molecule has 1 amide bonds. The van der Waals surface area contributed by atoms with Crippen LogP contribution in [0.1, 0.15) is 6.42 Å². The van der Waals surface area contributed by atoms with E-state index in [9.17, 15) is 9.59 Å². The molecule has 1 aliphatic rings. The molecule has 1 saturated heterocycles. The number of esters is 1. The molecule has 1 N–H and O–H groups in total. The van der Waals surface area contributed by atoms with Crippen molar-refractivity contribution in [2.45, 2.75) is 12.5 Å². The molecule has 5 heteroatoms. The van der Waals surface area contributed by atoms with Gasteiger partial charge >= 0.3 is 11.9 Å². The maximum Gasteiger partial charge on any atom is 0.396 e. The number of carbonyl (C=O) groups excluding carboxylic acids is 2. The lowest BCUT2D eigenvalue weighted by Gasteiger charge is -2.11. The molecule has 0 aromatic heterocycles. The van der Waals surface area contributed by atoms with Gasteiger partial charge in [0.1, 0.15) is 0 Å². The summed E-state index contributed by atoms with van der Waals surface area (Å²) in [7, 11) is 3.17. The summed E-state index contributed by atoms with van der Waals surface area (Å²) in [5, 5.41) is 2.60. The number of nitrogens with one attached hydrogen (secondary N) is 1. The second kappa shape index (κ2) is 4.23. The Bertz CT molecular complexity index is 217. The Balaban J connectivity index is 2.32. The lowest BCUT2D eigenvalue weighted by atomic mass is 10.2. The number of hydrogen-bond acceptors (Lipinski definition) is 4. The van der Waals surface area contributed by atoms with E-state index < -0.39 is 11.9 Å². The Labute approximate surface area is 77.0 Å². The minimum Gasteiger partial charge on any atom is -0.462 e. The minimum absolute atomic E-state index is 0.0802. The molecule has 0 aromatic carbocycles. The van der Waals surface area contributed by atoms with Crippen LogP contribution < -0.4 is 5.32 Å². The minimum atomic E-state index is -0.824. The molecule has 74 valence electrons. The molecule has 13 heavy (non-hydrogen) atoms. The fourth-order valence-electron chi connectivity index (χ4n) is 1.39. The summed E-state index contributed by atoms with van der Waals surface area (Å²) >= 11 is 0. The van der Waals surface area contributed by atoms with E-state index in [0.717, 1.165) is 19.5 Å². The van der Waals surface area contributed by atoms with Crippen molar-refractivity contribution < 1.29 is 14.3 Å². The van der Waals surface area contributed by atoms with Crippen LogP contribution in [0.5, 0.6) is 0 Å². The average Bonchev–Trinajstić information content (AvgIpc) is 2.49. The molecule has 5 nitrogen and oxygen atoms in total. The van der Waals surface area contributed by atoms with E-state index in [1.165, 1.54) is 7.11 Å². The number of likely N-dealkylation sites (N-methyl/N-ethyl adjacent to an activating group) is 1. The Hall–Kier alpha value is -1.10. The number of carbonyl (C=O) groups is 2. The molecule has 0 radical (unpaired) electrons. The molecule has 1 rings (SSSR count). The first kappa shape index (κ1) is 9.98. The molecule has 0 aromatic rings. The van der Waals surface area contributed by atoms with Gasteiger partial charge in [0, 0.05) is 12.6 Å². The zero-order valence-corrected chi connectivity index (χ0v) is 7.87. The van der Waals surface area contributed by atoms with E-state index in [2.05, 4.69) is 15.0 Å². The monoisotopic (exact) mass is 186 g/mol. The first-order valence-electron chi connectivity index (χ1n) is 4.21. The highest BCUT2D eigenvalue weighted by molar-refractivity contribution is 6.32. The van der Waals surface area contributed by atoms with Gasteiger partial charge in [-0.15, -0.1) is 0 Å². The van der Waals surface area contributed by atoms with Gasteiger partial charge in [0.2, 0.25) is 0 Å². The second-order valence-electron chi connectivity index (χ2n) is 3.21. The lowest BCUT2D eigenvalue weighted by molar-refractivity contribution is -0.153. The molecular weight excluding hydrogens is 172 g/mol. The van der Waals surface area contributed by atoms with Crippen LogP contribution in [0.15, 0.2) is 0 Å². The Morgan fingerprint density at radius 3 is 2.69 bits per heavy atom. The van der Waals surface area contributed by atoms with Crippen LogP contribution in [0.4, 0.5) is 0 Å². The Morgan fingerprint density at radius 1 is 1.54 bits per heavy atom. The first-order chi connectivity index (χ1) is 6.13. The van der Waals surface area contributed by atoms with Gasteiger partial charge in [-0.1, -0.05) is 0 Å². The zero-order valence-electron chi connectivity index (χ0n) is 7.87. The molecule has 1 atom stereocenters. The van der Waals surface area contributed by atoms with E-state index >= 15 is 0 Å². The van der Waals surface area contributed by atoms with Crippen LogP contribution in [-0.4, -0.2) is 50.1 Å². The van der Waals surface area contributed by atoms with E-state index in [-0.39, 0.29) is 6.04 Å². The number of likely N-dealkylation sites (tertiary alicyclic amines) is 1. The fourth-order valence-corrected chi connectivity index (χ4v) is 1.39. The molecular formula is C8H14N2O3. The van der Waals surface area contributed by atoms with Gasteiger partial charge in [-0.2, -0.15) is 0 Å². The van der Waals surface area contributed by atoms with Crippen molar-refractivity contribution in [1.29, 1.82) is 0 Å². The average molecular weight is 186 g/mol. The van der Waals surface area contributed by atoms with Crippen molar-refractivity contribution in [3.63, 3.8) is 0 Å². The SMILES string of the molecule is COC(=O)C(=O)N[C@@H]1CCN(C)C1. The second-order valence-corrected chi connectivity index (χ2v) is 3.21. The standard InChI is InChI=1S/C8H14N2O3/c1-10-4-3-6(5-10)9-7(11)8(12)13-2/h6H,3-5H2,1-2H3,(H,9,11)/t6-/m1/s1. The largest absolute Gasteiger partial charge is 0.462 e. The van der Waals surface area contributed by atoms with Crippen LogP contribution in [0.2, 0.25) is 0 Å². The summed E-state index contributed by atoms with van der Waals surface area (Å²) in [6.07, 6.45) is 0.888. The van der Waals surface area contributed by atoms with E-state index in [4.69, 9.17) is 0 Å². The maximum atomic E-state index is 11.0. The summed E-state index contributed by atoms with van der Waals surface area (Å²) in [6, 6.07) is 0.0802. The summed E-state index contributed by atoms with van der Waals surface area (Å²) in [5.41, 5.74) is 0. The summed E-state index contributed by atoms with van der Waals surface area (Å²) < 4.78 is 4.28. The normalized spacial score (nSPS) is 22.8. The van der Waals surface area contributed by atoms with Gasteiger partial charge in [-0.05, 0) is 20.0 Å². The van der Waals surface area contributed by atoms with Crippen LogP contribution in [-0.2, 0) is 14.3 Å². The molecule has 0 spiro atoms. The lowest BCUT2D eigenvalue weighted by Crippen LogP contribution is -2.40. The molecule has 0 unspecified atom stereocenters. The van der Waals surface area contributed by atoms with Crippen LogP contribution >= 0.6 is 0 Å². The Kier molecular flexibility index (Phi) is 3.25. The molecule has 0 aliphatic carbocycles. The highest BCUT2D eigenvalue weighted by Crippen LogP contribution is 2.05. The molecule has 1 heterocycles. The maximum absolute atomic E-state index is 11.0. The molecule has 0 saturated carbocycles. The van der Waals surface area contributed by atoms with Gasteiger partial charge in [0.15, 0.2) is 0 Å². The van der Waals surface area contributed by atoms with Crippen molar-refractivity contribution in [2.75, 3.05) is 27.2 Å². The Morgan fingerprint density at radius 2 is 2.23 bits per heavy atom. The molecule has 0 bridgehead atoms. The van der Waals surface area contributed by atoms with Gasteiger partial charge < -0.3 is 15.0 Å². The highest BCUT2D eigenvalue weighted by atomic mass is 16.5. The van der Waals surface area contributed by atoms with Crippen molar-refractivity contribution >= 4 is 11.9 Å². The number of amides is 1. The number of nitrogens with zero attached hydrogens (tertiary/aromatic N) is 1. The van der Waals surface area contributed by atoms with Gasteiger partial charge in [-0.3, -0.25) is 4.79 Å². The molecule has 1 aliphatic heterocycles. The summed E-state index contributed by atoms with van der Waals surface area (Å²) in [6.45, 7) is 1.74. The van der Waals surface area contributed by atoms with Crippen LogP contribution in [0, 0.1) is 0 Å². The number of ether oxygens (including phenoxy) is 1. The number of rotatable bonds is 1. The van der Waals surface area contributed by atoms with Crippen LogP contribution in [0.25, 0.3) is 0 Å². The topological polar surface area (TPSA) is 58.6 Å². The summed E-state index contributed by atoms with van der Waals surface area (Å²) in [4.78, 5) is 23.9. The highest BCUT2D eigenvalue weighted by Gasteiger charge is 2.24. The van der Waals surface area contributed by atoms with E-state index in [1.807, 2.05) is 7.05 Å².